The van der Waals surface area contributed by atoms with E-state index in [9.17, 15) is 5.11 Å². The van der Waals surface area contributed by atoms with Gasteiger partial charge in [0.25, 0.3) is 5.78 Å². The minimum atomic E-state index is -0.0173. The third-order valence-electron chi connectivity index (χ3n) is 6.73. The van der Waals surface area contributed by atoms with Gasteiger partial charge in [0.1, 0.15) is 12.1 Å². The van der Waals surface area contributed by atoms with Crippen LogP contribution in [0.4, 0.5) is 11.5 Å². The minimum absolute atomic E-state index is 0.0173. The van der Waals surface area contributed by atoms with Gasteiger partial charge >= 0.3 is 0 Å². The second-order valence-electron chi connectivity index (χ2n) is 8.72. The van der Waals surface area contributed by atoms with E-state index in [1.165, 1.54) is 5.56 Å². The van der Waals surface area contributed by atoms with Crippen molar-refractivity contribution in [3.8, 4) is 11.1 Å². The zero-order valence-corrected chi connectivity index (χ0v) is 18.9. The Labute approximate surface area is 196 Å². The van der Waals surface area contributed by atoms with Crippen LogP contribution in [0.25, 0.3) is 27.8 Å². The highest BCUT2D eigenvalue weighted by Gasteiger charge is 2.43. The average Bonchev–Trinajstić information content (AvgIpc) is 3.52. The van der Waals surface area contributed by atoms with E-state index in [1.807, 2.05) is 29.6 Å². The van der Waals surface area contributed by atoms with Crippen molar-refractivity contribution in [1.82, 2.24) is 19.6 Å². The van der Waals surface area contributed by atoms with Crippen molar-refractivity contribution < 1.29 is 5.11 Å². The van der Waals surface area contributed by atoms with Gasteiger partial charge in [-0.3, -0.25) is 4.40 Å². The summed E-state index contributed by atoms with van der Waals surface area (Å²) in [6.45, 7) is 0.217. The molecule has 0 spiro atoms. The molecule has 1 aliphatic rings. The summed E-state index contributed by atoms with van der Waals surface area (Å²) in [6.07, 6.45) is 3.77. The Morgan fingerprint density at radius 2 is 1.85 bits per heavy atom. The Morgan fingerprint density at radius 1 is 1.03 bits per heavy atom. The number of rotatable bonds is 5. The smallest absolute Gasteiger partial charge is 0.257 e. The quantitative estimate of drug-likeness (QED) is 0.385. The molecule has 7 heteroatoms. The summed E-state index contributed by atoms with van der Waals surface area (Å²) in [5.41, 5.74) is 5.38. The van der Waals surface area contributed by atoms with E-state index < -0.39 is 0 Å². The molecule has 0 radical (unpaired) electrons. The number of anilines is 2. The van der Waals surface area contributed by atoms with Crippen molar-refractivity contribution in [2.24, 2.45) is 0 Å². The molecule has 2 heterocycles. The van der Waals surface area contributed by atoms with Crippen molar-refractivity contribution in [3.05, 3.63) is 83.6 Å². The van der Waals surface area contributed by atoms with Gasteiger partial charge in [0.2, 0.25) is 0 Å². The first-order valence-corrected chi connectivity index (χ1v) is 11.3. The van der Waals surface area contributed by atoms with E-state index in [-0.39, 0.29) is 12.0 Å². The molecule has 1 N–H and O–H groups in total. The summed E-state index contributed by atoms with van der Waals surface area (Å²) in [6, 6.07) is 22.7. The topological polar surface area (TPSA) is 66.5 Å². The lowest BCUT2D eigenvalue weighted by atomic mass is 9.94. The van der Waals surface area contributed by atoms with Crippen LogP contribution in [0.2, 0.25) is 5.02 Å². The van der Waals surface area contributed by atoms with Gasteiger partial charge in [0.05, 0.1) is 12.1 Å². The maximum Gasteiger partial charge on any atom is 0.257 e. The van der Waals surface area contributed by atoms with E-state index in [0.29, 0.717) is 10.8 Å². The van der Waals surface area contributed by atoms with Crippen LogP contribution in [0.1, 0.15) is 18.4 Å². The summed E-state index contributed by atoms with van der Waals surface area (Å²) < 4.78 is 1.84. The normalized spacial score (nSPS) is 14.6. The molecule has 33 heavy (non-hydrogen) atoms. The number of halogens is 1. The van der Waals surface area contributed by atoms with Crippen molar-refractivity contribution in [2.45, 2.75) is 18.3 Å². The Morgan fingerprint density at radius 3 is 2.61 bits per heavy atom. The fraction of sp³-hybridized carbons (Fsp3) is 0.192. The fourth-order valence-electron chi connectivity index (χ4n) is 4.50. The van der Waals surface area contributed by atoms with Gasteiger partial charge in [-0.1, -0.05) is 48.0 Å². The lowest BCUT2D eigenvalue weighted by Crippen LogP contribution is -2.13. The van der Waals surface area contributed by atoms with E-state index in [2.05, 4.69) is 63.6 Å². The monoisotopic (exact) mass is 455 g/mol. The van der Waals surface area contributed by atoms with Gasteiger partial charge < -0.3 is 10.0 Å². The van der Waals surface area contributed by atoms with Crippen molar-refractivity contribution in [2.75, 3.05) is 18.6 Å². The lowest BCUT2D eigenvalue weighted by molar-refractivity contribution is 0.255. The SMILES string of the molecule is CN(c1cccc(-c2ccc(C3(CO)CC3)cc2)c1)c1nc2nncn2c2cc(Cl)ccc12. The standard InChI is InChI=1S/C26H22ClN5O/c1-31(24-22-10-9-20(27)14-23(22)32-16-28-30-25(32)29-24)21-4-2-3-18(13-21)17-5-7-19(8-6-17)26(15-33)11-12-26/h2-10,13-14,16,33H,11-12,15H2,1H3. The summed E-state index contributed by atoms with van der Waals surface area (Å²) in [5, 5.41) is 19.5. The number of fused-ring (bicyclic) bond motifs is 3. The molecular formula is C26H22ClN5O. The highest BCUT2D eigenvalue weighted by Crippen LogP contribution is 2.48. The molecule has 6 rings (SSSR count). The molecule has 0 atom stereocenters. The largest absolute Gasteiger partial charge is 0.395 e. The first kappa shape index (κ1) is 20.1. The van der Waals surface area contributed by atoms with Crippen LogP contribution in [-0.2, 0) is 5.41 Å². The van der Waals surface area contributed by atoms with Gasteiger partial charge in [0, 0.05) is 28.6 Å². The molecule has 1 saturated carbocycles. The van der Waals surface area contributed by atoms with Crippen LogP contribution < -0.4 is 4.90 Å². The van der Waals surface area contributed by atoms with Crippen LogP contribution in [0.15, 0.2) is 73.1 Å². The highest BCUT2D eigenvalue weighted by molar-refractivity contribution is 6.31. The first-order valence-electron chi connectivity index (χ1n) is 10.9. The van der Waals surface area contributed by atoms with Crippen LogP contribution in [-0.4, -0.2) is 38.3 Å². The van der Waals surface area contributed by atoms with Gasteiger partial charge in [-0.25, -0.2) is 0 Å². The third-order valence-corrected chi connectivity index (χ3v) is 6.97. The number of aliphatic hydroxyl groups excluding tert-OH is 1. The van der Waals surface area contributed by atoms with Crippen LogP contribution in [0.5, 0.6) is 0 Å². The fourth-order valence-corrected chi connectivity index (χ4v) is 4.67. The molecule has 0 aliphatic heterocycles. The third kappa shape index (κ3) is 3.34. The molecule has 5 aromatic rings. The molecule has 0 bridgehead atoms. The Hall–Kier alpha value is -3.48. The predicted molar refractivity (Wildman–Crippen MR) is 131 cm³/mol. The number of aromatic nitrogens is 4. The average molecular weight is 456 g/mol. The molecule has 6 nitrogen and oxygen atoms in total. The number of benzene rings is 3. The molecule has 1 aliphatic carbocycles. The number of hydrogen-bond acceptors (Lipinski definition) is 5. The minimum Gasteiger partial charge on any atom is -0.395 e. The van der Waals surface area contributed by atoms with Crippen molar-refractivity contribution >= 4 is 39.8 Å². The first-order chi connectivity index (χ1) is 16.1. The molecular weight excluding hydrogens is 434 g/mol. The predicted octanol–water partition coefficient (Wildman–Crippen LogP) is 5.39. The maximum atomic E-state index is 9.72. The van der Waals surface area contributed by atoms with Crippen molar-refractivity contribution in [3.63, 3.8) is 0 Å². The molecule has 164 valence electrons. The summed E-state index contributed by atoms with van der Waals surface area (Å²) in [5.74, 6) is 1.31. The molecule has 0 amide bonds. The van der Waals surface area contributed by atoms with Crippen LogP contribution in [0, 0.1) is 0 Å². The molecule has 3 aromatic carbocycles. The van der Waals surface area contributed by atoms with E-state index in [0.717, 1.165) is 46.4 Å². The molecule has 1 fully saturated rings. The van der Waals surface area contributed by atoms with Crippen LogP contribution >= 0.6 is 11.6 Å². The van der Waals surface area contributed by atoms with Crippen LogP contribution in [0.3, 0.4) is 0 Å². The Balaban J connectivity index is 1.40. The van der Waals surface area contributed by atoms with Gasteiger partial charge in [-0.05, 0) is 59.9 Å². The summed E-state index contributed by atoms with van der Waals surface area (Å²) in [7, 11) is 2.00. The number of nitrogens with zero attached hydrogens (tertiary/aromatic N) is 5. The van der Waals surface area contributed by atoms with E-state index in [4.69, 9.17) is 16.6 Å². The number of aliphatic hydroxyl groups is 1. The molecule has 0 saturated heterocycles. The Bertz CT molecular complexity index is 1490. The Kier molecular flexibility index (Phi) is 4.60. The highest BCUT2D eigenvalue weighted by atomic mass is 35.5. The van der Waals surface area contributed by atoms with E-state index >= 15 is 0 Å². The van der Waals surface area contributed by atoms with Gasteiger partial charge in [0.15, 0.2) is 0 Å². The zero-order chi connectivity index (χ0) is 22.6. The molecule has 0 unspecified atom stereocenters. The molecule has 2 aromatic heterocycles. The van der Waals surface area contributed by atoms with Gasteiger partial charge in [-0.15, -0.1) is 10.2 Å². The van der Waals surface area contributed by atoms with Gasteiger partial charge in [-0.2, -0.15) is 4.98 Å². The second-order valence-corrected chi connectivity index (χ2v) is 9.16. The second kappa shape index (κ2) is 7.54. The van der Waals surface area contributed by atoms with Crippen molar-refractivity contribution in [1.29, 1.82) is 0 Å². The number of hydrogen-bond donors (Lipinski definition) is 1. The maximum absolute atomic E-state index is 9.72. The lowest BCUT2D eigenvalue weighted by Gasteiger charge is -2.21. The summed E-state index contributed by atoms with van der Waals surface area (Å²) in [4.78, 5) is 6.84. The van der Waals surface area contributed by atoms with E-state index in [1.54, 1.807) is 6.33 Å². The summed E-state index contributed by atoms with van der Waals surface area (Å²) >= 11 is 6.27. The zero-order valence-electron chi connectivity index (χ0n) is 18.1.